The van der Waals surface area contributed by atoms with Gasteiger partial charge in [0.15, 0.2) is 0 Å². The molecule has 9 nitrogen and oxygen atoms in total. The number of piperidine rings is 1. The Morgan fingerprint density at radius 1 is 1.03 bits per heavy atom. The maximum Gasteiger partial charge on any atom is 0.309 e. The van der Waals surface area contributed by atoms with E-state index in [0.717, 1.165) is 12.8 Å². The van der Waals surface area contributed by atoms with Crippen molar-refractivity contribution in [2.45, 2.75) is 37.5 Å². The smallest absolute Gasteiger partial charge is 0.309 e. The van der Waals surface area contributed by atoms with Crippen molar-refractivity contribution in [1.29, 1.82) is 0 Å². The number of rotatable bonds is 7. The molecule has 1 aromatic carbocycles. The molecule has 2 aliphatic rings. The molecule has 0 spiro atoms. The number of amides is 2. The second-order valence-electron chi connectivity index (χ2n) is 8.20. The Balaban J connectivity index is 1.54. The number of hydrogen-bond donors (Lipinski definition) is 0. The van der Waals surface area contributed by atoms with E-state index in [9.17, 15) is 22.8 Å². The lowest BCUT2D eigenvalue weighted by atomic mass is 9.97. The van der Waals surface area contributed by atoms with Crippen LogP contribution >= 0.6 is 0 Å². The number of hydrogen-bond acceptors (Lipinski definition) is 6. The Morgan fingerprint density at radius 2 is 1.62 bits per heavy atom. The Hall–Kier alpha value is -2.46. The van der Waals surface area contributed by atoms with E-state index in [1.165, 1.54) is 33.5 Å². The van der Waals surface area contributed by atoms with E-state index in [1.54, 1.807) is 18.9 Å². The fourth-order valence-electron chi connectivity index (χ4n) is 4.07. The van der Waals surface area contributed by atoms with Crippen LogP contribution in [0.1, 0.15) is 43.0 Å². The second kappa shape index (κ2) is 10.4. The van der Waals surface area contributed by atoms with Gasteiger partial charge >= 0.3 is 5.97 Å². The quantitative estimate of drug-likeness (QED) is 0.563. The fraction of sp³-hybridized carbons (Fsp3) is 0.591. The van der Waals surface area contributed by atoms with Gasteiger partial charge in [0, 0.05) is 38.8 Å². The van der Waals surface area contributed by atoms with Crippen molar-refractivity contribution in [3.8, 4) is 0 Å². The molecule has 0 N–H and O–H groups in total. The normalized spacial score (nSPS) is 17.9. The van der Waals surface area contributed by atoms with Crippen molar-refractivity contribution >= 4 is 27.8 Å². The van der Waals surface area contributed by atoms with Gasteiger partial charge in [0.05, 0.1) is 24.0 Å². The lowest BCUT2D eigenvalue weighted by molar-refractivity contribution is -0.151. The van der Waals surface area contributed by atoms with Crippen LogP contribution in [0.25, 0.3) is 0 Å². The van der Waals surface area contributed by atoms with Gasteiger partial charge in [-0.25, -0.2) is 8.42 Å². The minimum Gasteiger partial charge on any atom is -0.466 e. The first-order valence-electron chi connectivity index (χ1n) is 11.0. The van der Waals surface area contributed by atoms with E-state index in [0.29, 0.717) is 51.2 Å². The molecule has 2 saturated heterocycles. The number of ether oxygens (including phenoxy) is 1. The molecule has 10 heteroatoms. The average Bonchev–Trinajstić information content (AvgIpc) is 3.35. The van der Waals surface area contributed by atoms with Gasteiger partial charge < -0.3 is 14.5 Å². The van der Waals surface area contributed by atoms with E-state index in [1.807, 2.05) is 0 Å². The summed E-state index contributed by atoms with van der Waals surface area (Å²) in [7, 11) is -1.99. The summed E-state index contributed by atoms with van der Waals surface area (Å²) in [6, 6.07) is 5.85. The van der Waals surface area contributed by atoms with Crippen molar-refractivity contribution in [2.24, 2.45) is 5.92 Å². The molecular weight excluding hydrogens is 434 g/mol. The van der Waals surface area contributed by atoms with Crippen LogP contribution in [-0.2, 0) is 24.3 Å². The van der Waals surface area contributed by atoms with Gasteiger partial charge in [-0.3, -0.25) is 14.4 Å². The highest BCUT2D eigenvalue weighted by molar-refractivity contribution is 7.89. The maximum atomic E-state index is 12.7. The zero-order valence-electron chi connectivity index (χ0n) is 18.7. The van der Waals surface area contributed by atoms with Crippen LogP contribution in [0, 0.1) is 5.92 Å². The molecule has 176 valence electrons. The number of nitrogens with zero attached hydrogens (tertiary/aromatic N) is 3. The first-order valence-corrected chi connectivity index (χ1v) is 12.5. The van der Waals surface area contributed by atoms with Gasteiger partial charge in [-0.2, -0.15) is 4.31 Å². The molecule has 32 heavy (non-hydrogen) atoms. The molecule has 2 aliphatic heterocycles. The highest BCUT2D eigenvalue weighted by Gasteiger charge is 2.30. The number of likely N-dealkylation sites (N-methyl/N-ethyl adjacent to an activating group) is 1. The summed E-state index contributed by atoms with van der Waals surface area (Å²) in [6.07, 6.45) is 2.81. The lowest BCUT2D eigenvalue weighted by Gasteiger charge is -2.32. The van der Waals surface area contributed by atoms with Crippen LogP contribution in [0.4, 0.5) is 0 Å². The minimum absolute atomic E-state index is 0.0866. The number of carbonyl (C=O) groups excluding carboxylic acids is 3. The van der Waals surface area contributed by atoms with Crippen LogP contribution in [0.15, 0.2) is 29.2 Å². The van der Waals surface area contributed by atoms with Crippen LogP contribution in [0.3, 0.4) is 0 Å². The zero-order chi connectivity index (χ0) is 23.3. The molecule has 3 rings (SSSR count). The summed E-state index contributed by atoms with van der Waals surface area (Å²) >= 11 is 0. The molecule has 0 bridgehead atoms. The number of benzene rings is 1. The average molecular weight is 466 g/mol. The van der Waals surface area contributed by atoms with E-state index in [-0.39, 0.29) is 35.1 Å². The molecule has 0 radical (unpaired) electrons. The Bertz CT molecular complexity index is 933. The Labute approximate surface area is 189 Å². The van der Waals surface area contributed by atoms with Crippen molar-refractivity contribution < 1.29 is 27.5 Å². The highest BCUT2D eigenvalue weighted by atomic mass is 32.2. The van der Waals surface area contributed by atoms with E-state index in [4.69, 9.17) is 4.74 Å². The standard InChI is InChI=1S/C22H31N3O6S/c1-3-31-22(28)18-10-14-24(15-11-18)20(26)16-23(2)21(27)17-6-8-19(9-7-17)32(29,30)25-12-4-5-13-25/h6-9,18H,3-5,10-16H2,1-2H3. The molecular formula is C22H31N3O6S. The van der Waals surface area contributed by atoms with Gasteiger partial charge in [0.1, 0.15) is 0 Å². The lowest BCUT2D eigenvalue weighted by Crippen LogP contribution is -2.45. The van der Waals surface area contributed by atoms with Gasteiger partial charge in [-0.1, -0.05) is 0 Å². The Morgan fingerprint density at radius 3 is 2.19 bits per heavy atom. The van der Waals surface area contributed by atoms with Crippen LogP contribution in [-0.4, -0.2) is 86.7 Å². The number of sulfonamides is 1. The van der Waals surface area contributed by atoms with Crippen molar-refractivity contribution in [2.75, 3.05) is 46.4 Å². The van der Waals surface area contributed by atoms with Gasteiger partial charge in [0.2, 0.25) is 15.9 Å². The van der Waals surface area contributed by atoms with Crippen molar-refractivity contribution in [1.82, 2.24) is 14.1 Å². The molecule has 1 aromatic rings. The minimum atomic E-state index is -3.53. The molecule has 0 saturated carbocycles. The molecule has 0 aromatic heterocycles. The third-order valence-corrected chi connectivity index (χ3v) is 7.90. The predicted molar refractivity (Wildman–Crippen MR) is 117 cm³/mol. The second-order valence-corrected chi connectivity index (χ2v) is 10.1. The molecule has 2 heterocycles. The summed E-state index contributed by atoms with van der Waals surface area (Å²) in [5.41, 5.74) is 0.321. The maximum absolute atomic E-state index is 12.7. The summed E-state index contributed by atoms with van der Waals surface area (Å²) < 4.78 is 31.7. The predicted octanol–water partition coefficient (Wildman–Crippen LogP) is 1.34. The van der Waals surface area contributed by atoms with Crippen LogP contribution < -0.4 is 0 Å². The molecule has 2 amide bonds. The van der Waals surface area contributed by atoms with Gasteiger partial charge in [-0.05, 0) is 56.9 Å². The topological polar surface area (TPSA) is 104 Å². The first kappa shape index (κ1) is 24.2. The van der Waals surface area contributed by atoms with Crippen LogP contribution in [0.5, 0.6) is 0 Å². The third-order valence-electron chi connectivity index (χ3n) is 5.99. The van der Waals surface area contributed by atoms with Crippen LogP contribution in [0.2, 0.25) is 0 Å². The summed E-state index contributed by atoms with van der Waals surface area (Å²) in [4.78, 5) is 40.3. The molecule has 0 unspecified atom stereocenters. The van der Waals surface area contributed by atoms with Crippen molar-refractivity contribution in [3.63, 3.8) is 0 Å². The number of likely N-dealkylation sites (tertiary alicyclic amines) is 1. The molecule has 0 aliphatic carbocycles. The monoisotopic (exact) mass is 465 g/mol. The highest BCUT2D eigenvalue weighted by Crippen LogP contribution is 2.22. The SMILES string of the molecule is CCOC(=O)C1CCN(C(=O)CN(C)C(=O)c2ccc(S(=O)(=O)N3CCCC3)cc2)CC1. The van der Waals surface area contributed by atoms with E-state index in [2.05, 4.69) is 0 Å². The molecule has 0 atom stereocenters. The largest absolute Gasteiger partial charge is 0.466 e. The van der Waals surface area contributed by atoms with E-state index < -0.39 is 10.0 Å². The Kier molecular flexibility index (Phi) is 7.89. The van der Waals surface area contributed by atoms with Gasteiger partial charge in [0.25, 0.3) is 5.91 Å². The summed E-state index contributed by atoms with van der Waals surface area (Å²) in [6.45, 7) is 3.97. The summed E-state index contributed by atoms with van der Waals surface area (Å²) in [5.74, 6) is -0.947. The first-order chi connectivity index (χ1) is 15.2. The summed E-state index contributed by atoms with van der Waals surface area (Å²) in [5, 5.41) is 0. The molecule has 2 fully saturated rings. The third kappa shape index (κ3) is 5.47. The fourth-order valence-corrected chi connectivity index (χ4v) is 5.58. The number of carbonyl (C=O) groups is 3. The van der Waals surface area contributed by atoms with Crippen molar-refractivity contribution in [3.05, 3.63) is 29.8 Å². The zero-order valence-corrected chi connectivity index (χ0v) is 19.5. The van der Waals surface area contributed by atoms with E-state index >= 15 is 0 Å². The number of esters is 1. The van der Waals surface area contributed by atoms with Gasteiger partial charge in [-0.15, -0.1) is 0 Å².